The number of carbonyl (C=O) groups is 1. The van der Waals surface area contributed by atoms with Crippen molar-refractivity contribution in [1.29, 1.82) is 0 Å². The van der Waals surface area contributed by atoms with Gasteiger partial charge in [-0.1, -0.05) is 12.1 Å². The molecule has 2 N–H and O–H groups in total. The number of aromatic nitrogens is 2. The lowest BCUT2D eigenvalue weighted by Gasteiger charge is -2.14. The van der Waals surface area contributed by atoms with Crippen LogP contribution in [0.4, 0.5) is 10.1 Å². The lowest BCUT2D eigenvalue weighted by Crippen LogP contribution is -2.29. The van der Waals surface area contributed by atoms with E-state index in [0.717, 1.165) is 5.56 Å². The van der Waals surface area contributed by atoms with Gasteiger partial charge in [0, 0.05) is 11.9 Å². The predicted octanol–water partition coefficient (Wildman–Crippen LogP) is 3.79. The first-order valence-corrected chi connectivity index (χ1v) is 8.82. The number of nitrogens with zero attached hydrogens (tertiary/aromatic N) is 2. The predicted molar refractivity (Wildman–Crippen MR) is 108 cm³/mol. The van der Waals surface area contributed by atoms with Gasteiger partial charge in [0.05, 0.1) is 11.1 Å². The Bertz CT molecular complexity index is 1300. The second-order valence-corrected chi connectivity index (χ2v) is 6.54. The summed E-state index contributed by atoms with van der Waals surface area (Å²) in [5.41, 5.74) is 0.729. The molecule has 0 radical (unpaired) electrons. The first-order chi connectivity index (χ1) is 14.0. The largest absolute Gasteiger partial charge is 0.506 e. The minimum Gasteiger partial charge on any atom is -0.506 e. The quantitative estimate of drug-likeness (QED) is 0.558. The first kappa shape index (κ1) is 18.4. The van der Waals surface area contributed by atoms with E-state index in [4.69, 9.17) is 0 Å². The van der Waals surface area contributed by atoms with Crippen LogP contribution in [0.2, 0.25) is 0 Å². The van der Waals surface area contributed by atoms with Gasteiger partial charge in [-0.15, -0.1) is 0 Å². The summed E-state index contributed by atoms with van der Waals surface area (Å²) in [6.45, 7) is 1.87. The molecule has 144 valence electrons. The average molecular weight is 389 g/mol. The van der Waals surface area contributed by atoms with Crippen LogP contribution < -0.4 is 10.9 Å². The Morgan fingerprint density at radius 2 is 1.86 bits per heavy atom. The van der Waals surface area contributed by atoms with E-state index in [1.807, 2.05) is 13.0 Å². The van der Waals surface area contributed by atoms with Crippen LogP contribution in [0.15, 0.2) is 71.7 Å². The number of fused-ring (bicyclic) bond motifs is 1. The number of anilines is 1. The van der Waals surface area contributed by atoms with E-state index in [0.29, 0.717) is 11.4 Å². The van der Waals surface area contributed by atoms with Gasteiger partial charge in [0.1, 0.15) is 17.1 Å². The minimum atomic E-state index is -0.759. The van der Waals surface area contributed by atoms with Gasteiger partial charge < -0.3 is 10.4 Å². The summed E-state index contributed by atoms with van der Waals surface area (Å²) in [6, 6.07) is 15.4. The van der Waals surface area contributed by atoms with Crippen molar-refractivity contribution in [2.45, 2.75) is 6.92 Å². The van der Waals surface area contributed by atoms with Crippen molar-refractivity contribution in [3.8, 4) is 11.4 Å². The molecule has 0 aliphatic carbocycles. The van der Waals surface area contributed by atoms with E-state index in [-0.39, 0.29) is 11.0 Å². The molecule has 6 nitrogen and oxygen atoms in total. The summed E-state index contributed by atoms with van der Waals surface area (Å²) in [6.07, 6.45) is 1.47. The molecule has 0 saturated carbocycles. The summed E-state index contributed by atoms with van der Waals surface area (Å²) in [7, 11) is 0. The molecule has 2 aromatic heterocycles. The normalized spacial score (nSPS) is 10.8. The molecular formula is C22H16FN3O3. The zero-order valence-corrected chi connectivity index (χ0v) is 15.4. The van der Waals surface area contributed by atoms with Crippen molar-refractivity contribution in [1.82, 2.24) is 9.55 Å². The van der Waals surface area contributed by atoms with Gasteiger partial charge >= 0.3 is 0 Å². The number of rotatable bonds is 3. The van der Waals surface area contributed by atoms with E-state index in [2.05, 4.69) is 10.3 Å². The van der Waals surface area contributed by atoms with Crippen LogP contribution in [0.3, 0.4) is 0 Å². The molecule has 0 spiro atoms. The molecule has 4 rings (SSSR count). The van der Waals surface area contributed by atoms with Crippen LogP contribution in [0.25, 0.3) is 16.7 Å². The third-order valence-corrected chi connectivity index (χ3v) is 4.50. The van der Waals surface area contributed by atoms with Crippen LogP contribution in [0.1, 0.15) is 15.9 Å². The van der Waals surface area contributed by atoms with E-state index in [1.54, 1.807) is 30.3 Å². The number of hydrogen-bond acceptors (Lipinski definition) is 4. The lowest BCUT2D eigenvalue weighted by atomic mass is 10.1. The highest BCUT2D eigenvalue weighted by Gasteiger charge is 2.23. The van der Waals surface area contributed by atoms with Crippen LogP contribution >= 0.6 is 0 Å². The highest BCUT2D eigenvalue weighted by molar-refractivity contribution is 6.09. The molecule has 29 heavy (non-hydrogen) atoms. The second kappa shape index (κ2) is 7.20. The number of halogens is 1. The van der Waals surface area contributed by atoms with Gasteiger partial charge in [-0.2, -0.15) is 0 Å². The molecule has 0 aliphatic heterocycles. The summed E-state index contributed by atoms with van der Waals surface area (Å²) in [5.74, 6) is -1.67. The molecule has 0 atom stereocenters. The van der Waals surface area contributed by atoms with Crippen molar-refractivity contribution >= 4 is 22.6 Å². The number of aromatic hydroxyl groups is 1. The molecule has 0 fully saturated rings. The minimum absolute atomic E-state index is 0.161. The number of benzene rings is 2. The summed E-state index contributed by atoms with van der Waals surface area (Å²) >= 11 is 0. The standard InChI is InChI=1S/C22H16FN3O3/c1-13-4-2-5-15(12-13)25-21(28)18-19(27)17-6-3-11-24-20(17)26(22(18)29)16-9-7-14(23)8-10-16/h2-12,27H,1H3,(H,25,28). The Morgan fingerprint density at radius 3 is 2.59 bits per heavy atom. The SMILES string of the molecule is Cc1cccc(NC(=O)c2c(O)c3cccnc3n(-c3ccc(F)cc3)c2=O)c1. The molecular weight excluding hydrogens is 373 g/mol. The molecule has 1 amide bonds. The number of hydrogen-bond donors (Lipinski definition) is 2. The van der Waals surface area contributed by atoms with Crippen molar-refractivity contribution in [2.75, 3.05) is 5.32 Å². The Hall–Kier alpha value is -4.00. The molecule has 7 heteroatoms. The third kappa shape index (κ3) is 3.34. The zero-order valence-electron chi connectivity index (χ0n) is 15.4. The van der Waals surface area contributed by atoms with Crippen molar-refractivity contribution in [3.05, 3.63) is 94.2 Å². The smallest absolute Gasteiger partial charge is 0.273 e. The van der Waals surface area contributed by atoms with E-state index in [1.165, 1.54) is 35.0 Å². The fourth-order valence-corrected chi connectivity index (χ4v) is 3.15. The molecule has 0 saturated heterocycles. The molecule has 2 heterocycles. The number of nitrogens with one attached hydrogen (secondary N) is 1. The second-order valence-electron chi connectivity index (χ2n) is 6.54. The zero-order chi connectivity index (χ0) is 20.5. The maximum Gasteiger partial charge on any atom is 0.273 e. The Labute approximate surface area is 164 Å². The van der Waals surface area contributed by atoms with Gasteiger partial charge in [-0.05, 0) is 61.0 Å². The average Bonchev–Trinajstić information content (AvgIpc) is 2.69. The van der Waals surface area contributed by atoms with Gasteiger partial charge in [-0.3, -0.25) is 14.2 Å². The highest BCUT2D eigenvalue weighted by atomic mass is 19.1. The maximum atomic E-state index is 13.4. The number of aryl methyl sites for hydroxylation is 1. The first-order valence-electron chi connectivity index (χ1n) is 8.82. The fraction of sp³-hybridized carbons (Fsp3) is 0.0455. The van der Waals surface area contributed by atoms with E-state index < -0.39 is 28.6 Å². The third-order valence-electron chi connectivity index (χ3n) is 4.50. The van der Waals surface area contributed by atoms with Crippen LogP contribution in [0, 0.1) is 12.7 Å². The molecule has 0 unspecified atom stereocenters. The number of pyridine rings is 2. The monoisotopic (exact) mass is 389 g/mol. The van der Waals surface area contributed by atoms with E-state index >= 15 is 0 Å². The van der Waals surface area contributed by atoms with Gasteiger partial charge in [-0.25, -0.2) is 9.37 Å². The Balaban J connectivity index is 1.94. The van der Waals surface area contributed by atoms with Crippen LogP contribution in [0.5, 0.6) is 5.75 Å². The highest BCUT2D eigenvalue weighted by Crippen LogP contribution is 2.27. The van der Waals surface area contributed by atoms with Gasteiger partial charge in [0.25, 0.3) is 11.5 Å². The molecule has 0 aliphatic rings. The van der Waals surface area contributed by atoms with Gasteiger partial charge in [0.15, 0.2) is 5.65 Å². The van der Waals surface area contributed by atoms with Crippen molar-refractivity contribution in [2.24, 2.45) is 0 Å². The van der Waals surface area contributed by atoms with E-state index in [9.17, 15) is 19.1 Å². The summed E-state index contributed by atoms with van der Waals surface area (Å²) in [4.78, 5) is 30.3. The molecule has 4 aromatic rings. The number of carbonyl (C=O) groups excluding carboxylic acids is 1. The van der Waals surface area contributed by atoms with Crippen molar-refractivity contribution < 1.29 is 14.3 Å². The number of amides is 1. The van der Waals surface area contributed by atoms with Crippen LogP contribution in [-0.4, -0.2) is 20.6 Å². The molecule has 2 aromatic carbocycles. The fourth-order valence-electron chi connectivity index (χ4n) is 3.15. The lowest BCUT2D eigenvalue weighted by molar-refractivity contribution is 0.102. The summed E-state index contributed by atoms with van der Waals surface area (Å²) < 4.78 is 14.5. The van der Waals surface area contributed by atoms with Crippen molar-refractivity contribution in [3.63, 3.8) is 0 Å². The van der Waals surface area contributed by atoms with Gasteiger partial charge in [0.2, 0.25) is 0 Å². The topological polar surface area (TPSA) is 84.2 Å². The summed E-state index contributed by atoms with van der Waals surface area (Å²) in [5, 5.41) is 13.5. The van der Waals surface area contributed by atoms with Crippen LogP contribution in [-0.2, 0) is 0 Å². The molecule has 0 bridgehead atoms. The maximum absolute atomic E-state index is 13.4. The Morgan fingerprint density at radius 1 is 1.10 bits per heavy atom. The Kier molecular flexibility index (Phi) is 4.56.